The predicted octanol–water partition coefficient (Wildman–Crippen LogP) is 0.983. The largest absolute Gasteiger partial charge is 0.504 e. The Labute approximate surface area is 98.1 Å². The van der Waals surface area contributed by atoms with Crippen molar-refractivity contribution in [3.05, 3.63) is 23.3 Å². The second kappa shape index (κ2) is 4.38. The zero-order chi connectivity index (χ0) is 10.3. The molecule has 0 fully saturated rings. The minimum Gasteiger partial charge on any atom is -0.504 e. The Morgan fingerprint density at radius 3 is 2.60 bits per heavy atom. The summed E-state index contributed by atoms with van der Waals surface area (Å²) in [7, 11) is 0. The van der Waals surface area contributed by atoms with Crippen LogP contribution in [0.15, 0.2) is 12.1 Å². The van der Waals surface area contributed by atoms with Gasteiger partial charge < -0.3 is 21.1 Å². The number of phenolic OH excluding ortho intramolecular Hbond substituents is 2. The van der Waals surface area contributed by atoms with Crippen LogP contribution in [0, 0.1) is 0 Å². The monoisotopic (exact) mass is 275 g/mol. The fourth-order valence-electron chi connectivity index (χ4n) is 1.88. The molecule has 15 heavy (non-hydrogen) atoms. The maximum Gasteiger partial charge on any atom is 0.161 e. The van der Waals surface area contributed by atoms with Gasteiger partial charge in [-0.25, -0.2) is 0 Å². The first-order valence-electron chi connectivity index (χ1n) is 4.58. The van der Waals surface area contributed by atoms with Gasteiger partial charge in [-0.3, -0.25) is 0 Å². The van der Waals surface area contributed by atoms with Crippen molar-refractivity contribution in [2.45, 2.75) is 25.0 Å². The van der Waals surface area contributed by atoms with E-state index < -0.39 is 6.10 Å². The minimum atomic E-state index is -0.745. The van der Waals surface area contributed by atoms with E-state index in [1.165, 1.54) is 6.07 Å². The number of benzene rings is 1. The standard InChI is InChI=1S/C10H13NO3.BrH/c11-7-3-1-6-5(9(7)13)2-4-8(12)10(6)14;/h2,4,7,9,12-14H,1,3,11H2;1H/t7-,9-;/m1./s1. The van der Waals surface area contributed by atoms with Crippen molar-refractivity contribution < 1.29 is 15.3 Å². The van der Waals surface area contributed by atoms with Gasteiger partial charge >= 0.3 is 0 Å². The molecule has 1 aromatic carbocycles. The van der Waals surface area contributed by atoms with Gasteiger partial charge in [-0.1, -0.05) is 6.07 Å². The molecule has 4 nitrogen and oxygen atoms in total. The van der Waals surface area contributed by atoms with Crippen molar-refractivity contribution in [1.82, 2.24) is 0 Å². The Hall–Kier alpha value is -0.780. The highest BCUT2D eigenvalue weighted by molar-refractivity contribution is 8.93. The Bertz CT molecular complexity index is 370. The maximum atomic E-state index is 9.73. The number of halogens is 1. The van der Waals surface area contributed by atoms with Crippen LogP contribution in [0.1, 0.15) is 23.7 Å². The molecule has 0 unspecified atom stereocenters. The number of rotatable bonds is 0. The molecule has 0 spiro atoms. The van der Waals surface area contributed by atoms with Crippen molar-refractivity contribution >= 4 is 17.0 Å². The molecule has 2 rings (SSSR count). The smallest absolute Gasteiger partial charge is 0.161 e. The van der Waals surface area contributed by atoms with Crippen LogP contribution in [0.4, 0.5) is 0 Å². The number of phenols is 2. The molecule has 84 valence electrons. The third-order valence-corrected chi connectivity index (χ3v) is 2.75. The van der Waals surface area contributed by atoms with Crippen molar-refractivity contribution in [2.75, 3.05) is 0 Å². The maximum absolute atomic E-state index is 9.73. The van der Waals surface area contributed by atoms with Gasteiger partial charge in [0, 0.05) is 11.6 Å². The SMILES string of the molecule is Br.N[C@@H]1CCc2c(ccc(O)c2O)[C@H]1O. The number of aliphatic hydroxyl groups is 1. The summed E-state index contributed by atoms with van der Waals surface area (Å²) in [5.41, 5.74) is 6.92. The van der Waals surface area contributed by atoms with Gasteiger partial charge in [0.15, 0.2) is 11.5 Å². The lowest BCUT2D eigenvalue weighted by Gasteiger charge is -2.27. The molecule has 5 N–H and O–H groups in total. The fraction of sp³-hybridized carbons (Fsp3) is 0.400. The average molecular weight is 276 g/mol. The lowest BCUT2D eigenvalue weighted by Crippen LogP contribution is -2.32. The third kappa shape index (κ3) is 1.95. The lowest BCUT2D eigenvalue weighted by molar-refractivity contribution is 0.133. The second-order valence-electron chi connectivity index (χ2n) is 3.65. The van der Waals surface area contributed by atoms with Gasteiger partial charge in [0.05, 0.1) is 6.10 Å². The minimum absolute atomic E-state index is 0. The summed E-state index contributed by atoms with van der Waals surface area (Å²) in [6.45, 7) is 0. The Balaban J connectivity index is 0.00000112. The van der Waals surface area contributed by atoms with Gasteiger partial charge in [0.2, 0.25) is 0 Å². The van der Waals surface area contributed by atoms with Crippen molar-refractivity contribution in [3.8, 4) is 11.5 Å². The summed E-state index contributed by atoms with van der Waals surface area (Å²) in [4.78, 5) is 0. The fourth-order valence-corrected chi connectivity index (χ4v) is 1.88. The number of nitrogens with two attached hydrogens (primary N) is 1. The van der Waals surface area contributed by atoms with E-state index >= 15 is 0 Å². The molecule has 0 saturated carbocycles. The number of hydrogen-bond acceptors (Lipinski definition) is 4. The van der Waals surface area contributed by atoms with E-state index in [1.807, 2.05) is 0 Å². The summed E-state index contributed by atoms with van der Waals surface area (Å²) >= 11 is 0. The molecular formula is C10H14BrNO3. The van der Waals surface area contributed by atoms with Crippen LogP contribution in [-0.2, 0) is 6.42 Å². The van der Waals surface area contributed by atoms with Crippen LogP contribution < -0.4 is 5.73 Å². The van der Waals surface area contributed by atoms with Gasteiger partial charge in [-0.15, -0.1) is 17.0 Å². The van der Waals surface area contributed by atoms with E-state index in [4.69, 9.17) is 5.73 Å². The van der Waals surface area contributed by atoms with Gasteiger partial charge in [-0.2, -0.15) is 0 Å². The number of aromatic hydroxyl groups is 2. The van der Waals surface area contributed by atoms with E-state index in [0.717, 1.165) is 0 Å². The normalized spacial score (nSPS) is 24.1. The quantitative estimate of drug-likeness (QED) is 0.532. The highest BCUT2D eigenvalue weighted by Gasteiger charge is 2.27. The molecule has 0 saturated heterocycles. The van der Waals surface area contributed by atoms with Crippen LogP contribution in [0.5, 0.6) is 11.5 Å². The van der Waals surface area contributed by atoms with Crippen LogP contribution >= 0.6 is 17.0 Å². The molecule has 0 radical (unpaired) electrons. The summed E-state index contributed by atoms with van der Waals surface area (Å²) < 4.78 is 0. The molecule has 2 atom stereocenters. The Morgan fingerprint density at radius 2 is 1.93 bits per heavy atom. The topological polar surface area (TPSA) is 86.7 Å². The number of fused-ring (bicyclic) bond motifs is 1. The lowest BCUT2D eigenvalue weighted by atomic mass is 9.85. The first-order chi connectivity index (χ1) is 6.61. The van der Waals surface area contributed by atoms with Crippen LogP contribution in [0.3, 0.4) is 0 Å². The number of aliphatic hydroxyl groups excluding tert-OH is 1. The van der Waals surface area contributed by atoms with E-state index in [9.17, 15) is 15.3 Å². The molecule has 0 aliphatic heterocycles. The average Bonchev–Trinajstić information content (AvgIpc) is 2.17. The number of hydrogen-bond donors (Lipinski definition) is 4. The molecule has 1 aromatic rings. The summed E-state index contributed by atoms with van der Waals surface area (Å²) in [6, 6.07) is 2.69. The van der Waals surface area contributed by atoms with Crippen LogP contribution in [-0.4, -0.2) is 21.4 Å². The first-order valence-corrected chi connectivity index (χ1v) is 4.58. The van der Waals surface area contributed by atoms with Crippen LogP contribution in [0.25, 0.3) is 0 Å². The van der Waals surface area contributed by atoms with Gasteiger partial charge in [0.25, 0.3) is 0 Å². The summed E-state index contributed by atoms with van der Waals surface area (Å²) in [6.07, 6.45) is 0.462. The second-order valence-corrected chi connectivity index (χ2v) is 3.65. The molecule has 0 amide bonds. The van der Waals surface area contributed by atoms with E-state index in [-0.39, 0.29) is 34.5 Å². The Kier molecular flexibility index (Phi) is 3.59. The highest BCUT2D eigenvalue weighted by Crippen LogP contribution is 2.39. The van der Waals surface area contributed by atoms with E-state index in [2.05, 4.69) is 0 Å². The molecule has 1 aliphatic carbocycles. The van der Waals surface area contributed by atoms with Crippen LogP contribution in [0.2, 0.25) is 0 Å². The molecular weight excluding hydrogens is 262 g/mol. The third-order valence-electron chi connectivity index (χ3n) is 2.75. The molecule has 5 heteroatoms. The molecule has 0 heterocycles. The molecule has 0 bridgehead atoms. The summed E-state index contributed by atoms with van der Waals surface area (Å²) in [5.74, 6) is -0.278. The Morgan fingerprint density at radius 1 is 1.27 bits per heavy atom. The summed E-state index contributed by atoms with van der Waals surface area (Å²) in [5, 5.41) is 28.5. The van der Waals surface area contributed by atoms with E-state index in [0.29, 0.717) is 24.0 Å². The molecule has 0 aromatic heterocycles. The zero-order valence-corrected chi connectivity index (χ0v) is 9.76. The van der Waals surface area contributed by atoms with Crippen molar-refractivity contribution in [3.63, 3.8) is 0 Å². The molecule has 1 aliphatic rings. The van der Waals surface area contributed by atoms with Crippen molar-refractivity contribution in [1.29, 1.82) is 0 Å². The first kappa shape index (κ1) is 12.3. The predicted molar refractivity (Wildman–Crippen MR) is 61.3 cm³/mol. The highest BCUT2D eigenvalue weighted by atomic mass is 79.9. The van der Waals surface area contributed by atoms with Gasteiger partial charge in [-0.05, 0) is 24.5 Å². The van der Waals surface area contributed by atoms with Crippen molar-refractivity contribution in [2.24, 2.45) is 5.73 Å². The van der Waals surface area contributed by atoms with Gasteiger partial charge in [0.1, 0.15) is 0 Å². The van der Waals surface area contributed by atoms with E-state index in [1.54, 1.807) is 6.07 Å². The zero-order valence-electron chi connectivity index (χ0n) is 8.05.